The van der Waals surface area contributed by atoms with Crippen LogP contribution in [0.3, 0.4) is 0 Å². The Morgan fingerprint density at radius 1 is 0.322 bits per heavy atom. The molecule has 17 aromatic rings. The summed E-state index contributed by atoms with van der Waals surface area (Å²) in [5.41, 5.74) is 24.0. The number of aromatic nitrogens is 4. The van der Waals surface area contributed by atoms with Crippen molar-refractivity contribution in [2.75, 3.05) is 0 Å². The van der Waals surface area contributed by atoms with Gasteiger partial charge in [-0.3, -0.25) is 4.98 Å². The summed E-state index contributed by atoms with van der Waals surface area (Å²) in [5.74, 6) is 0. The fourth-order valence-corrected chi connectivity index (χ4v) is 15.3. The average molecular weight is 1130 g/mol. The van der Waals surface area contributed by atoms with E-state index in [1.807, 2.05) is 23.7 Å². The fraction of sp³-hybridized carbons (Fsp3) is 0.0370. The summed E-state index contributed by atoms with van der Waals surface area (Å²) in [5, 5.41) is 22.1. The largest absolute Gasteiger partial charge is 0.309 e. The minimum Gasteiger partial charge on any atom is -0.309 e. The Morgan fingerprint density at radius 2 is 0.690 bits per heavy atom. The Morgan fingerprint density at radius 3 is 1.15 bits per heavy atom. The molecular weight excluding hydrogens is 1070 g/mol. The molecule has 5 aromatic heterocycles. The predicted molar refractivity (Wildman–Crippen MR) is 366 cm³/mol. The van der Waals surface area contributed by atoms with E-state index in [1.165, 1.54) is 69.2 Å². The van der Waals surface area contributed by atoms with Gasteiger partial charge in [0, 0.05) is 93.1 Å². The van der Waals surface area contributed by atoms with Gasteiger partial charge in [0.1, 0.15) is 6.07 Å². The first kappa shape index (κ1) is 50.4. The molecule has 0 saturated carbocycles. The van der Waals surface area contributed by atoms with Gasteiger partial charge in [0.05, 0.1) is 38.7 Å². The van der Waals surface area contributed by atoms with Crippen LogP contribution in [0.2, 0.25) is 0 Å². The first-order valence-corrected chi connectivity index (χ1v) is 30.5. The van der Waals surface area contributed by atoms with E-state index >= 15 is 0 Å². The van der Waals surface area contributed by atoms with Crippen LogP contribution in [0.15, 0.2) is 267 Å². The molecular formula is C81H53N5S. The van der Waals surface area contributed by atoms with Gasteiger partial charge >= 0.3 is 0 Å². The number of para-hydroxylation sites is 3. The van der Waals surface area contributed by atoms with Gasteiger partial charge in [0.2, 0.25) is 0 Å². The molecule has 408 valence electrons. The highest BCUT2D eigenvalue weighted by molar-refractivity contribution is 7.26. The number of benzene rings is 12. The Balaban J connectivity index is 0.993. The molecule has 0 unspecified atom stereocenters. The van der Waals surface area contributed by atoms with Crippen LogP contribution in [0.25, 0.3) is 158 Å². The highest BCUT2D eigenvalue weighted by Gasteiger charge is 2.31. The van der Waals surface area contributed by atoms with Crippen molar-refractivity contribution in [2.45, 2.75) is 20.8 Å². The SMILES string of the molecule is Cc1ccc2c(c1)c1ccccc1n2-c1ccc(-c2c(C#N)c(-c3ccncc3)c(-c3ccc(-n4c5ccccc5c5cc(C)ccc54)cc3)c(-c3ccc(-n4c5ccccc5c5cc(C)ccc54)cc3)c2-c2cccc3sc4ccccc4c23)cc1. The van der Waals surface area contributed by atoms with Crippen molar-refractivity contribution in [1.29, 1.82) is 5.26 Å². The van der Waals surface area contributed by atoms with E-state index < -0.39 is 0 Å². The van der Waals surface area contributed by atoms with E-state index in [0.717, 1.165) is 106 Å². The maximum absolute atomic E-state index is 12.4. The van der Waals surface area contributed by atoms with Crippen molar-refractivity contribution in [3.05, 3.63) is 289 Å². The number of thiophene rings is 1. The molecule has 5 heterocycles. The number of rotatable bonds is 8. The van der Waals surface area contributed by atoms with E-state index in [2.05, 4.69) is 300 Å². The zero-order chi connectivity index (χ0) is 58.0. The maximum atomic E-state index is 12.4. The minimum absolute atomic E-state index is 0.589. The van der Waals surface area contributed by atoms with Gasteiger partial charge in [-0.15, -0.1) is 11.3 Å². The highest BCUT2D eigenvalue weighted by Crippen LogP contribution is 2.55. The quantitative estimate of drug-likeness (QED) is 0.152. The Labute approximate surface area is 506 Å². The maximum Gasteiger partial charge on any atom is 0.100 e. The van der Waals surface area contributed by atoms with Crippen molar-refractivity contribution in [3.63, 3.8) is 0 Å². The molecule has 0 amide bonds. The molecule has 0 aliphatic rings. The molecule has 0 spiro atoms. The average Bonchev–Trinajstić information content (AvgIpc) is 0.912. The van der Waals surface area contributed by atoms with Gasteiger partial charge in [-0.2, -0.15) is 5.26 Å². The standard InChI is InChI=1S/C81H53N5S/c1-49-23-38-71-64(45-49)59-13-4-8-18-68(59)84(71)56-32-26-52(27-33-56)77-67(48-82)76(55-41-43-83-44-42-55)78(53-28-34-57(35-29-53)85-69-19-9-5-14-60(69)65-46-50(2)24-39-72(65)85)79(81(77)63-17-12-22-75-80(63)62-16-7-11-21-74(62)87-75)54-30-36-58(37-31-54)86-70-20-10-6-15-61(70)66-47-51(3)25-40-73(66)86/h4-47H,1-3H3. The van der Waals surface area contributed by atoms with E-state index in [0.29, 0.717) is 5.56 Å². The third kappa shape index (κ3) is 7.80. The molecule has 6 heteroatoms. The second kappa shape index (κ2) is 19.8. The van der Waals surface area contributed by atoms with Crippen molar-refractivity contribution in [2.24, 2.45) is 0 Å². The lowest BCUT2D eigenvalue weighted by molar-refractivity contribution is 1.18. The molecule has 0 N–H and O–H groups in total. The molecule has 12 aromatic carbocycles. The summed E-state index contributed by atoms with van der Waals surface area (Å²) < 4.78 is 9.55. The number of hydrogen-bond donors (Lipinski definition) is 0. The van der Waals surface area contributed by atoms with Crippen LogP contribution in [0.5, 0.6) is 0 Å². The molecule has 0 aliphatic carbocycles. The number of nitriles is 1. The second-order valence-electron chi connectivity index (χ2n) is 23.1. The van der Waals surface area contributed by atoms with Crippen LogP contribution >= 0.6 is 11.3 Å². The number of fused-ring (bicyclic) bond motifs is 12. The molecule has 0 atom stereocenters. The smallest absolute Gasteiger partial charge is 0.100 e. The Hall–Kier alpha value is -11.1. The minimum atomic E-state index is 0.589. The van der Waals surface area contributed by atoms with Gasteiger partial charge in [0.25, 0.3) is 0 Å². The molecule has 0 bridgehead atoms. The Bertz CT molecular complexity index is 5710. The van der Waals surface area contributed by atoms with E-state index in [4.69, 9.17) is 0 Å². The predicted octanol–water partition coefficient (Wildman–Crippen LogP) is 21.9. The van der Waals surface area contributed by atoms with Crippen LogP contribution in [-0.2, 0) is 0 Å². The fourth-order valence-electron chi connectivity index (χ4n) is 14.2. The van der Waals surface area contributed by atoms with Crippen molar-refractivity contribution in [3.8, 4) is 78.8 Å². The molecule has 0 fully saturated rings. The van der Waals surface area contributed by atoms with Crippen LogP contribution in [-0.4, -0.2) is 18.7 Å². The molecule has 5 nitrogen and oxygen atoms in total. The highest BCUT2D eigenvalue weighted by atomic mass is 32.1. The molecule has 87 heavy (non-hydrogen) atoms. The molecule has 0 aliphatic heterocycles. The lowest BCUT2D eigenvalue weighted by Gasteiger charge is -2.27. The number of pyridine rings is 1. The van der Waals surface area contributed by atoms with Crippen LogP contribution in [0.1, 0.15) is 22.3 Å². The molecule has 0 radical (unpaired) electrons. The van der Waals surface area contributed by atoms with Crippen LogP contribution in [0, 0.1) is 32.1 Å². The third-order valence-electron chi connectivity index (χ3n) is 18.0. The summed E-state index contributed by atoms with van der Waals surface area (Å²) in [4.78, 5) is 4.58. The monoisotopic (exact) mass is 1130 g/mol. The summed E-state index contributed by atoms with van der Waals surface area (Å²) in [7, 11) is 0. The summed E-state index contributed by atoms with van der Waals surface area (Å²) in [6.07, 6.45) is 3.70. The molecule has 0 saturated heterocycles. The first-order chi connectivity index (χ1) is 42.9. The topological polar surface area (TPSA) is 51.5 Å². The van der Waals surface area contributed by atoms with E-state index in [-0.39, 0.29) is 0 Å². The molecule has 17 rings (SSSR count). The summed E-state index contributed by atoms with van der Waals surface area (Å²) in [6.45, 7) is 6.49. The summed E-state index contributed by atoms with van der Waals surface area (Å²) in [6, 6.07) is 96.2. The number of hydrogen-bond acceptors (Lipinski definition) is 3. The van der Waals surface area contributed by atoms with Gasteiger partial charge in [-0.05, 0) is 181 Å². The first-order valence-electron chi connectivity index (χ1n) is 29.6. The lowest BCUT2D eigenvalue weighted by Crippen LogP contribution is -2.03. The third-order valence-corrected chi connectivity index (χ3v) is 19.1. The lowest BCUT2D eigenvalue weighted by atomic mass is 9.75. The Kier molecular flexibility index (Phi) is 11.4. The van der Waals surface area contributed by atoms with Crippen molar-refractivity contribution < 1.29 is 0 Å². The van der Waals surface area contributed by atoms with Gasteiger partial charge in [0.15, 0.2) is 0 Å². The van der Waals surface area contributed by atoms with Gasteiger partial charge in [-0.25, -0.2) is 0 Å². The van der Waals surface area contributed by atoms with Crippen LogP contribution in [0.4, 0.5) is 0 Å². The number of aryl methyl sites for hydroxylation is 3. The normalized spacial score (nSPS) is 11.8. The summed E-state index contributed by atoms with van der Waals surface area (Å²) >= 11 is 1.81. The van der Waals surface area contributed by atoms with E-state index in [1.54, 1.807) is 0 Å². The zero-order valence-corrected chi connectivity index (χ0v) is 48.9. The van der Waals surface area contributed by atoms with Crippen molar-refractivity contribution >= 4 is 96.9 Å². The van der Waals surface area contributed by atoms with Crippen molar-refractivity contribution in [1.82, 2.24) is 18.7 Å². The number of nitrogens with zero attached hydrogens (tertiary/aromatic N) is 5. The second-order valence-corrected chi connectivity index (χ2v) is 24.2. The van der Waals surface area contributed by atoms with Gasteiger partial charge < -0.3 is 13.7 Å². The van der Waals surface area contributed by atoms with E-state index in [9.17, 15) is 5.26 Å². The zero-order valence-electron chi connectivity index (χ0n) is 48.0. The van der Waals surface area contributed by atoms with Gasteiger partial charge in [-0.1, -0.05) is 156 Å². The van der Waals surface area contributed by atoms with Crippen LogP contribution < -0.4 is 0 Å².